The van der Waals surface area contributed by atoms with E-state index >= 15 is 0 Å². The van der Waals surface area contributed by atoms with E-state index in [1.54, 1.807) is 11.3 Å². The summed E-state index contributed by atoms with van der Waals surface area (Å²) in [6, 6.07) is 8.11. The van der Waals surface area contributed by atoms with Crippen LogP contribution in [-0.2, 0) is 22.4 Å². The summed E-state index contributed by atoms with van der Waals surface area (Å²) in [4.78, 5) is 37.1. The highest BCUT2D eigenvalue weighted by Crippen LogP contribution is 2.38. The maximum atomic E-state index is 12.9. The second kappa shape index (κ2) is 9.65. The van der Waals surface area contributed by atoms with Crippen LogP contribution in [0.1, 0.15) is 65.1 Å². The number of H-pyrrole nitrogens is 1. The molecule has 8 heteroatoms. The number of nitrogens with one attached hydrogen (secondary N) is 2. The van der Waals surface area contributed by atoms with Gasteiger partial charge >= 0.3 is 5.97 Å². The molecule has 1 fully saturated rings. The van der Waals surface area contributed by atoms with Crippen molar-refractivity contribution in [2.75, 3.05) is 31.6 Å². The number of benzene rings is 1. The van der Waals surface area contributed by atoms with Crippen LogP contribution in [0, 0.1) is 0 Å². The van der Waals surface area contributed by atoms with Gasteiger partial charge < -0.3 is 15.0 Å². The van der Waals surface area contributed by atoms with Gasteiger partial charge in [-0.3, -0.25) is 9.69 Å². The van der Waals surface area contributed by atoms with Gasteiger partial charge in [0.05, 0.1) is 29.7 Å². The van der Waals surface area contributed by atoms with Gasteiger partial charge in [-0.15, -0.1) is 11.3 Å². The minimum atomic E-state index is -0.321. The highest BCUT2D eigenvalue weighted by molar-refractivity contribution is 7.17. The van der Waals surface area contributed by atoms with Gasteiger partial charge in [-0.25, -0.2) is 9.78 Å². The number of thiophene rings is 1. The van der Waals surface area contributed by atoms with E-state index in [-0.39, 0.29) is 11.9 Å². The largest absolute Gasteiger partial charge is 0.462 e. The fourth-order valence-electron chi connectivity index (χ4n) is 4.97. The fourth-order valence-corrected chi connectivity index (χ4v) is 6.27. The van der Waals surface area contributed by atoms with Crippen molar-refractivity contribution < 1.29 is 14.3 Å². The van der Waals surface area contributed by atoms with E-state index in [0.29, 0.717) is 29.6 Å². The molecule has 3 heterocycles. The van der Waals surface area contributed by atoms with Crippen molar-refractivity contribution in [2.24, 2.45) is 0 Å². The third-order valence-electron chi connectivity index (χ3n) is 6.65. The summed E-state index contributed by atoms with van der Waals surface area (Å²) in [5, 5.41) is 3.69. The van der Waals surface area contributed by atoms with Crippen LogP contribution in [0.5, 0.6) is 0 Å². The summed E-state index contributed by atoms with van der Waals surface area (Å²) in [7, 11) is 0. The number of likely N-dealkylation sites (tertiary alicyclic amines) is 1. The second-order valence-corrected chi connectivity index (χ2v) is 9.98. The van der Waals surface area contributed by atoms with Gasteiger partial charge in [-0.05, 0) is 76.2 Å². The number of ether oxygens (including phenoxy) is 1. The number of anilines is 1. The van der Waals surface area contributed by atoms with Crippen LogP contribution >= 0.6 is 11.3 Å². The number of aryl methyl sites for hydroxylation is 1. The van der Waals surface area contributed by atoms with Crippen LogP contribution < -0.4 is 5.32 Å². The molecule has 5 rings (SSSR count). The number of hydrogen-bond donors (Lipinski definition) is 2. The molecule has 0 bridgehead atoms. The SMILES string of the molecule is CCOC(=O)c1c(NC(=O)CN2CCC(c3nc4ccccc4[nH]3)CC2)sc2c1CCCC2. The zero-order chi connectivity index (χ0) is 22.8. The number of esters is 1. The van der Waals surface area contributed by atoms with Gasteiger partial charge in [0.25, 0.3) is 0 Å². The van der Waals surface area contributed by atoms with E-state index in [2.05, 4.69) is 21.3 Å². The first-order valence-electron chi connectivity index (χ1n) is 11.9. The van der Waals surface area contributed by atoms with Crippen LogP contribution in [0.2, 0.25) is 0 Å². The maximum Gasteiger partial charge on any atom is 0.341 e. The number of amides is 1. The molecular formula is C25H30N4O3S. The number of rotatable bonds is 6. The van der Waals surface area contributed by atoms with Crippen LogP contribution in [0.3, 0.4) is 0 Å². The number of aromatic amines is 1. The summed E-state index contributed by atoms with van der Waals surface area (Å²) < 4.78 is 5.30. The average molecular weight is 467 g/mol. The number of para-hydroxylation sites is 2. The third-order valence-corrected chi connectivity index (χ3v) is 7.86. The van der Waals surface area contributed by atoms with Gasteiger partial charge in [-0.1, -0.05) is 12.1 Å². The quantitative estimate of drug-likeness (QED) is 0.523. The summed E-state index contributed by atoms with van der Waals surface area (Å²) in [5.74, 6) is 1.04. The number of aromatic nitrogens is 2. The standard InChI is InChI=1S/C25H30N4O3S/c1-2-32-25(31)22-17-7-3-6-10-20(17)33-24(22)28-21(30)15-29-13-11-16(12-14-29)23-26-18-8-4-5-9-19(18)27-23/h4-5,8-9,16H,2-3,6-7,10-15H2,1H3,(H,26,27)(H,28,30). The lowest BCUT2D eigenvalue weighted by atomic mass is 9.95. The van der Waals surface area contributed by atoms with Crippen molar-refractivity contribution in [3.8, 4) is 0 Å². The lowest BCUT2D eigenvalue weighted by molar-refractivity contribution is -0.117. The number of carbonyl (C=O) groups excluding carboxylic acids is 2. The van der Waals surface area contributed by atoms with Crippen LogP contribution in [0.25, 0.3) is 11.0 Å². The number of nitrogens with zero attached hydrogens (tertiary/aromatic N) is 2. The maximum absolute atomic E-state index is 12.9. The molecule has 0 spiro atoms. The average Bonchev–Trinajstić information content (AvgIpc) is 3.41. The van der Waals surface area contributed by atoms with Gasteiger partial charge in [0.1, 0.15) is 10.8 Å². The second-order valence-electron chi connectivity index (χ2n) is 8.87. The molecular weight excluding hydrogens is 436 g/mol. The monoisotopic (exact) mass is 466 g/mol. The summed E-state index contributed by atoms with van der Waals surface area (Å²) in [6.45, 7) is 4.17. The first-order chi connectivity index (χ1) is 16.1. The molecule has 1 aliphatic heterocycles. The van der Waals surface area contributed by atoms with Crippen LogP contribution in [0.4, 0.5) is 5.00 Å². The molecule has 1 aromatic carbocycles. The van der Waals surface area contributed by atoms with Crippen molar-refractivity contribution in [3.63, 3.8) is 0 Å². The Morgan fingerprint density at radius 2 is 2.00 bits per heavy atom. The summed E-state index contributed by atoms with van der Waals surface area (Å²) in [6.07, 6.45) is 5.98. The van der Waals surface area contributed by atoms with E-state index in [9.17, 15) is 9.59 Å². The van der Waals surface area contributed by atoms with Gasteiger partial charge in [-0.2, -0.15) is 0 Å². The number of hydrogen-bond acceptors (Lipinski definition) is 6. The molecule has 0 radical (unpaired) electrons. The lowest BCUT2D eigenvalue weighted by Crippen LogP contribution is -2.39. The molecule has 2 N–H and O–H groups in total. The Balaban J connectivity index is 1.20. The lowest BCUT2D eigenvalue weighted by Gasteiger charge is -2.30. The van der Waals surface area contributed by atoms with Crippen molar-refractivity contribution in [3.05, 3.63) is 46.1 Å². The van der Waals surface area contributed by atoms with Crippen molar-refractivity contribution in [1.29, 1.82) is 0 Å². The molecule has 3 aromatic rings. The Kier molecular flexibility index (Phi) is 6.46. The summed E-state index contributed by atoms with van der Waals surface area (Å²) in [5.41, 5.74) is 3.73. The minimum Gasteiger partial charge on any atom is -0.462 e. The van der Waals surface area contributed by atoms with Crippen molar-refractivity contribution in [2.45, 2.75) is 51.4 Å². The topological polar surface area (TPSA) is 87.3 Å². The molecule has 174 valence electrons. The molecule has 1 aliphatic carbocycles. The first-order valence-corrected chi connectivity index (χ1v) is 12.7. The third kappa shape index (κ3) is 4.68. The van der Waals surface area contributed by atoms with Crippen LogP contribution in [-0.4, -0.2) is 53.0 Å². The molecule has 1 amide bonds. The van der Waals surface area contributed by atoms with Crippen molar-refractivity contribution in [1.82, 2.24) is 14.9 Å². The number of fused-ring (bicyclic) bond motifs is 2. The van der Waals surface area contributed by atoms with E-state index in [0.717, 1.165) is 74.0 Å². The smallest absolute Gasteiger partial charge is 0.341 e. The van der Waals surface area contributed by atoms with E-state index in [4.69, 9.17) is 9.72 Å². The Labute approximate surface area is 197 Å². The molecule has 0 saturated carbocycles. The molecule has 2 aliphatic rings. The first kappa shape index (κ1) is 22.1. The molecule has 33 heavy (non-hydrogen) atoms. The number of piperidine rings is 1. The predicted molar refractivity (Wildman–Crippen MR) is 130 cm³/mol. The Bertz CT molecular complexity index is 1130. The Morgan fingerprint density at radius 3 is 2.79 bits per heavy atom. The zero-order valence-corrected chi connectivity index (χ0v) is 19.8. The predicted octanol–water partition coefficient (Wildman–Crippen LogP) is 4.50. The van der Waals surface area contributed by atoms with Gasteiger partial charge in [0, 0.05) is 10.8 Å². The summed E-state index contributed by atoms with van der Waals surface area (Å²) >= 11 is 1.54. The Hall–Kier alpha value is -2.71. The molecule has 7 nitrogen and oxygen atoms in total. The minimum absolute atomic E-state index is 0.0682. The molecule has 2 aromatic heterocycles. The highest BCUT2D eigenvalue weighted by atomic mass is 32.1. The Morgan fingerprint density at radius 1 is 1.21 bits per heavy atom. The van der Waals surface area contributed by atoms with Gasteiger partial charge in [0.15, 0.2) is 0 Å². The highest BCUT2D eigenvalue weighted by Gasteiger charge is 2.28. The van der Waals surface area contributed by atoms with Gasteiger partial charge in [0.2, 0.25) is 5.91 Å². The fraction of sp³-hybridized carbons (Fsp3) is 0.480. The van der Waals surface area contributed by atoms with E-state index < -0.39 is 0 Å². The molecule has 0 unspecified atom stereocenters. The number of imidazole rings is 1. The molecule has 0 atom stereocenters. The number of carbonyl (C=O) groups is 2. The van der Waals surface area contributed by atoms with E-state index in [1.807, 2.05) is 25.1 Å². The zero-order valence-electron chi connectivity index (χ0n) is 19.0. The normalized spacial score (nSPS) is 17.1. The van der Waals surface area contributed by atoms with E-state index in [1.165, 1.54) is 4.88 Å². The van der Waals surface area contributed by atoms with Crippen molar-refractivity contribution >= 4 is 39.2 Å². The molecule has 1 saturated heterocycles. The van der Waals surface area contributed by atoms with Crippen LogP contribution in [0.15, 0.2) is 24.3 Å².